The highest BCUT2D eigenvalue weighted by Gasteiger charge is 2.71. The fraction of sp³-hybridized carbons (Fsp3) is 0.848. The predicted octanol–water partition coefficient (Wildman–Crippen LogP) is 3.51. The van der Waals surface area contributed by atoms with Gasteiger partial charge in [0.25, 0.3) is 0 Å². The summed E-state index contributed by atoms with van der Waals surface area (Å²) in [5.41, 5.74) is -0.686. The van der Waals surface area contributed by atoms with Gasteiger partial charge in [-0.15, -0.1) is 0 Å². The summed E-state index contributed by atoms with van der Waals surface area (Å²) in [4.78, 5) is 36.8. The minimum atomic E-state index is -1.02. The van der Waals surface area contributed by atoms with Gasteiger partial charge in [0, 0.05) is 45.0 Å². The maximum absolute atomic E-state index is 12.7. The molecule has 2 aliphatic heterocycles. The van der Waals surface area contributed by atoms with Crippen LogP contribution in [0.25, 0.3) is 0 Å². The van der Waals surface area contributed by atoms with Crippen molar-refractivity contribution in [1.29, 1.82) is 0 Å². The molecule has 2 heterocycles. The molecule has 5 fully saturated rings. The normalized spacial score (nSPS) is 49.4. The maximum atomic E-state index is 12.7. The molecule has 0 aromatic rings. The lowest BCUT2D eigenvalue weighted by molar-refractivity contribution is -0.281. The Morgan fingerprint density at radius 2 is 1.81 bits per heavy atom. The Kier molecular flexibility index (Phi) is 8.11. The van der Waals surface area contributed by atoms with E-state index < -0.39 is 41.7 Å². The molecule has 1 N–H and O–H groups in total. The van der Waals surface area contributed by atoms with Crippen LogP contribution in [0.15, 0.2) is 11.6 Å². The number of aliphatic hydroxyl groups is 1. The van der Waals surface area contributed by atoms with Crippen LogP contribution in [-0.4, -0.2) is 86.1 Å². The number of methoxy groups -OCH3 is 2. The van der Waals surface area contributed by atoms with Gasteiger partial charge in [-0.05, 0) is 80.6 Å². The highest BCUT2D eigenvalue weighted by Crippen LogP contribution is 2.70. The van der Waals surface area contributed by atoms with Crippen molar-refractivity contribution in [2.75, 3.05) is 20.8 Å². The first-order chi connectivity index (χ1) is 20.4. The van der Waals surface area contributed by atoms with E-state index in [0.717, 1.165) is 50.5 Å². The Morgan fingerprint density at radius 3 is 2.47 bits per heavy atom. The van der Waals surface area contributed by atoms with Gasteiger partial charge in [0.05, 0.1) is 11.7 Å². The fourth-order valence-electron chi connectivity index (χ4n) is 10.5. The van der Waals surface area contributed by atoms with E-state index in [1.54, 1.807) is 20.1 Å². The Hall–Kier alpha value is -1.85. The van der Waals surface area contributed by atoms with E-state index in [4.69, 9.17) is 28.4 Å². The predicted molar refractivity (Wildman–Crippen MR) is 152 cm³/mol. The summed E-state index contributed by atoms with van der Waals surface area (Å²) in [5.74, 6) is -0.313. The van der Waals surface area contributed by atoms with Crippen LogP contribution in [0.4, 0.5) is 0 Å². The Balaban J connectivity index is 1.20. The molecular weight excluding hydrogens is 556 g/mol. The van der Waals surface area contributed by atoms with Crippen LogP contribution in [0.3, 0.4) is 0 Å². The van der Waals surface area contributed by atoms with Crippen molar-refractivity contribution in [3.63, 3.8) is 0 Å². The number of ketones is 1. The summed E-state index contributed by atoms with van der Waals surface area (Å²) in [5, 5.41) is 12.7. The molecule has 6 aliphatic rings. The largest absolute Gasteiger partial charge is 0.462 e. The third-order valence-corrected chi connectivity index (χ3v) is 12.6. The maximum Gasteiger partial charge on any atom is 0.331 e. The second kappa shape index (κ2) is 11.2. The molecule has 4 aliphatic carbocycles. The number of esters is 2. The number of Topliss-reactive ketones (excluding diaryl/α,β-unsaturated/α-hetero) is 1. The van der Waals surface area contributed by atoms with Crippen molar-refractivity contribution in [2.24, 2.45) is 34.5 Å². The third-order valence-electron chi connectivity index (χ3n) is 12.6. The van der Waals surface area contributed by atoms with E-state index in [9.17, 15) is 19.5 Å². The number of ether oxygens (including phenoxy) is 6. The highest BCUT2D eigenvalue weighted by atomic mass is 16.7. The first kappa shape index (κ1) is 31.1. The number of carbonyl (C=O) groups is 3. The quantitative estimate of drug-likeness (QED) is 0.356. The van der Waals surface area contributed by atoms with Crippen molar-refractivity contribution in [3.8, 4) is 0 Å². The molecule has 4 unspecified atom stereocenters. The first-order valence-electron chi connectivity index (χ1n) is 16.0. The average Bonchev–Trinajstić information content (AvgIpc) is 3.46. The summed E-state index contributed by atoms with van der Waals surface area (Å²) in [6, 6.07) is 0. The number of hydrogen-bond acceptors (Lipinski definition) is 10. The molecule has 43 heavy (non-hydrogen) atoms. The van der Waals surface area contributed by atoms with Gasteiger partial charge in [-0.25, -0.2) is 4.79 Å². The van der Waals surface area contributed by atoms with Crippen LogP contribution in [0.2, 0.25) is 0 Å². The molecule has 0 bridgehead atoms. The molecule has 6 rings (SSSR count). The summed E-state index contributed by atoms with van der Waals surface area (Å²) in [6.45, 7) is 7.86. The van der Waals surface area contributed by atoms with Gasteiger partial charge >= 0.3 is 11.9 Å². The lowest BCUT2D eigenvalue weighted by atomic mass is 9.43. The number of hydrogen-bond donors (Lipinski definition) is 1. The van der Waals surface area contributed by atoms with Crippen LogP contribution in [0.1, 0.15) is 79.1 Å². The first-order valence-corrected chi connectivity index (χ1v) is 16.0. The molecule has 240 valence electrons. The van der Waals surface area contributed by atoms with E-state index >= 15 is 0 Å². The van der Waals surface area contributed by atoms with Crippen molar-refractivity contribution < 1.29 is 47.9 Å². The zero-order valence-corrected chi connectivity index (χ0v) is 26.3. The number of fused-ring (bicyclic) bond motifs is 5. The van der Waals surface area contributed by atoms with Gasteiger partial charge in [-0.3, -0.25) is 9.59 Å². The van der Waals surface area contributed by atoms with Crippen molar-refractivity contribution >= 4 is 17.7 Å². The average molecular weight is 605 g/mol. The summed E-state index contributed by atoms with van der Waals surface area (Å²) in [6.07, 6.45) is 5.06. The standard InChI is InChI=1S/C33H48O10/c1-17-27(36)28(38-5)29(39-6)30(41-17)43-21-9-11-31(3)20(14-21)7-8-23-22(31)10-12-32(4)26(19-13-25(35)40-16-19)24(42-18(2)34)15-33(23,32)37/h13,17,20-24,26,28-30,37H,7-12,14-16H2,1-6H3/t17?,20-,21+,22?,23-,24+,26+,28?,29?,30+,31+,32-,33+/m1/s1. The monoisotopic (exact) mass is 604 g/mol. The molecule has 0 amide bonds. The van der Waals surface area contributed by atoms with Gasteiger partial charge in [-0.1, -0.05) is 13.8 Å². The van der Waals surface area contributed by atoms with Crippen LogP contribution in [-0.2, 0) is 42.8 Å². The molecule has 0 radical (unpaired) electrons. The zero-order chi connectivity index (χ0) is 30.9. The lowest BCUT2D eigenvalue weighted by Gasteiger charge is -2.63. The van der Waals surface area contributed by atoms with Crippen LogP contribution in [0.5, 0.6) is 0 Å². The third kappa shape index (κ3) is 4.82. The topological polar surface area (TPSA) is 127 Å². The molecule has 1 saturated heterocycles. The smallest absolute Gasteiger partial charge is 0.331 e. The van der Waals surface area contributed by atoms with E-state index in [2.05, 4.69) is 13.8 Å². The Bertz CT molecular complexity index is 1170. The van der Waals surface area contributed by atoms with Gasteiger partial charge in [0.2, 0.25) is 0 Å². The van der Waals surface area contributed by atoms with Crippen molar-refractivity contribution in [1.82, 2.24) is 0 Å². The minimum absolute atomic E-state index is 0.0248. The number of rotatable bonds is 6. The molecule has 0 aromatic heterocycles. The fourth-order valence-corrected chi connectivity index (χ4v) is 10.5. The number of cyclic esters (lactones) is 1. The Morgan fingerprint density at radius 1 is 1.05 bits per heavy atom. The van der Waals surface area contributed by atoms with Crippen molar-refractivity contribution in [2.45, 2.75) is 121 Å². The van der Waals surface area contributed by atoms with E-state index in [1.807, 2.05) is 0 Å². The van der Waals surface area contributed by atoms with E-state index in [1.165, 1.54) is 14.0 Å². The second-order valence-electron chi connectivity index (χ2n) is 14.5. The van der Waals surface area contributed by atoms with Crippen LogP contribution >= 0.6 is 0 Å². The molecule has 10 heteroatoms. The molecule has 13 atom stereocenters. The van der Waals surface area contributed by atoms with E-state index in [0.29, 0.717) is 18.3 Å². The lowest BCUT2D eigenvalue weighted by Crippen LogP contribution is -2.62. The summed E-state index contributed by atoms with van der Waals surface area (Å²) in [7, 11) is 3.06. The molecule has 0 spiro atoms. The minimum Gasteiger partial charge on any atom is -0.462 e. The highest BCUT2D eigenvalue weighted by molar-refractivity contribution is 5.88. The molecular formula is C33H48O10. The Labute approximate surface area is 254 Å². The summed E-state index contributed by atoms with van der Waals surface area (Å²) < 4.78 is 34.7. The van der Waals surface area contributed by atoms with E-state index in [-0.39, 0.29) is 47.7 Å². The molecule has 4 saturated carbocycles. The molecule has 10 nitrogen and oxygen atoms in total. The van der Waals surface area contributed by atoms with Crippen LogP contribution in [0, 0.1) is 34.5 Å². The summed E-state index contributed by atoms with van der Waals surface area (Å²) >= 11 is 0. The SMILES string of the molecule is COC1C(=O)C(C)O[C@@H](O[C@H]2CC[C@]3(C)C4CC[C@]5(C)[C@@H](C6=CC(=O)OC6)[C@@H](OC(C)=O)C[C@]5(O)[C@@H]4CC[C@@H]3C2)C1OC. The number of carbonyl (C=O) groups excluding carboxylic acids is 3. The van der Waals surface area contributed by atoms with Gasteiger partial charge in [0.15, 0.2) is 12.1 Å². The van der Waals surface area contributed by atoms with Crippen molar-refractivity contribution in [3.05, 3.63) is 11.6 Å². The van der Waals surface area contributed by atoms with Gasteiger partial charge in [0.1, 0.15) is 31.0 Å². The van der Waals surface area contributed by atoms with Gasteiger partial charge in [-0.2, -0.15) is 0 Å². The van der Waals surface area contributed by atoms with Gasteiger partial charge < -0.3 is 33.5 Å². The van der Waals surface area contributed by atoms with Crippen LogP contribution < -0.4 is 0 Å². The second-order valence-corrected chi connectivity index (χ2v) is 14.5. The zero-order valence-electron chi connectivity index (χ0n) is 26.3. The molecule has 0 aromatic carbocycles.